The number of amides is 1. The summed E-state index contributed by atoms with van der Waals surface area (Å²) >= 11 is 0. The highest BCUT2D eigenvalue weighted by Crippen LogP contribution is 2.51. The Balaban J connectivity index is 1.35. The number of hydrogen-bond acceptors (Lipinski definition) is 5. The smallest absolute Gasteiger partial charge is 0.274 e. The molecule has 3 fully saturated rings. The van der Waals surface area contributed by atoms with E-state index >= 15 is 0 Å². The van der Waals surface area contributed by atoms with Crippen molar-refractivity contribution in [2.24, 2.45) is 0 Å². The van der Waals surface area contributed by atoms with Crippen LogP contribution < -0.4 is 15.6 Å². The van der Waals surface area contributed by atoms with E-state index in [0.717, 1.165) is 30.2 Å². The molecular formula is C26H29FN4O4. The molecule has 9 heteroatoms. The van der Waals surface area contributed by atoms with Crippen molar-refractivity contribution in [3.63, 3.8) is 0 Å². The number of anilines is 1. The van der Waals surface area contributed by atoms with E-state index in [4.69, 9.17) is 14.6 Å². The number of fused-ring (bicyclic) bond motifs is 3. The number of ether oxygens (including phenoxy) is 2. The minimum absolute atomic E-state index is 0.0969. The largest absolute Gasteiger partial charge is 0.490 e. The topological polar surface area (TPSA) is 87.4 Å². The number of alkyl halides is 1. The van der Waals surface area contributed by atoms with Gasteiger partial charge < -0.3 is 19.4 Å². The third kappa shape index (κ3) is 3.73. The van der Waals surface area contributed by atoms with Crippen molar-refractivity contribution < 1.29 is 18.7 Å². The zero-order valence-electron chi connectivity index (χ0n) is 20.1. The van der Waals surface area contributed by atoms with E-state index < -0.39 is 23.7 Å². The van der Waals surface area contributed by atoms with Gasteiger partial charge in [0.15, 0.2) is 0 Å². The van der Waals surface area contributed by atoms with Crippen molar-refractivity contribution in [3.05, 3.63) is 52.6 Å². The Bertz CT molecular complexity index is 1390. The molecule has 3 aliphatic rings. The number of nitrogens with zero attached hydrogens (tertiary/aromatic N) is 3. The van der Waals surface area contributed by atoms with Crippen LogP contribution in [0.25, 0.3) is 10.9 Å². The highest BCUT2D eigenvalue weighted by molar-refractivity contribution is 6.08. The molecule has 0 unspecified atom stereocenters. The normalized spacial score (nSPS) is 29.2. The fraction of sp³-hybridized carbons (Fsp3) is 0.500. The Hall–Kier alpha value is -3.20. The molecule has 2 aliphatic carbocycles. The van der Waals surface area contributed by atoms with Gasteiger partial charge in [0.05, 0.1) is 41.0 Å². The van der Waals surface area contributed by atoms with Crippen LogP contribution in [0, 0.1) is 0 Å². The summed E-state index contributed by atoms with van der Waals surface area (Å²) in [6, 6.07) is 6.24. The zero-order chi connectivity index (χ0) is 24.5. The van der Waals surface area contributed by atoms with Gasteiger partial charge in [-0.2, -0.15) is 5.10 Å². The maximum Gasteiger partial charge on any atom is 0.274 e. The first kappa shape index (κ1) is 22.3. The minimum Gasteiger partial charge on any atom is -0.490 e. The van der Waals surface area contributed by atoms with Crippen LogP contribution >= 0.6 is 0 Å². The second kappa shape index (κ2) is 7.65. The average Bonchev–Trinajstić information content (AvgIpc) is 3.12. The molecule has 6 rings (SSSR count). The molecule has 3 aromatic rings. The van der Waals surface area contributed by atoms with Crippen molar-refractivity contribution in [1.29, 1.82) is 0 Å². The monoisotopic (exact) mass is 480 g/mol. The first-order valence-corrected chi connectivity index (χ1v) is 12.2. The minimum atomic E-state index is -1.02. The number of halogens is 1. The number of rotatable bonds is 6. The van der Waals surface area contributed by atoms with Gasteiger partial charge in [-0.25, -0.2) is 4.39 Å². The molecule has 4 atom stereocenters. The van der Waals surface area contributed by atoms with E-state index in [9.17, 15) is 14.0 Å². The second-order valence-electron chi connectivity index (χ2n) is 10.7. The number of carbonyl (C=O) groups is 1. The summed E-state index contributed by atoms with van der Waals surface area (Å²) in [7, 11) is 0. The Morgan fingerprint density at radius 3 is 2.77 bits per heavy atom. The molecule has 184 valence electrons. The molecule has 1 aliphatic heterocycles. The van der Waals surface area contributed by atoms with E-state index in [-0.39, 0.29) is 22.9 Å². The summed E-state index contributed by atoms with van der Waals surface area (Å²) in [6.07, 6.45) is 5.56. The SMILES string of the molecule is CC(C)Oc1cc2nn([C@]34CC[C@](C)(C3)OC4)cc2cc1C(=O)Nc1cccn([C@H]2C[C@H]2F)c1=O. The average molecular weight is 481 g/mol. The van der Waals surface area contributed by atoms with Crippen LogP contribution in [0.3, 0.4) is 0 Å². The molecule has 0 spiro atoms. The van der Waals surface area contributed by atoms with E-state index in [1.807, 2.05) is 24.7 Å². The first-order chi connectivity index (χ1) is 16.7. The Morgan fingerprint density at radius 2 is 2.14 bits per heavy atom. The number of benzene rings is 1. The maximum absolute atomic E-state index is 13.5. The number of nitrogens with one attached hydrogen (secondary N) is 1. The third-order valence-electron chi connectivity index (χ3n) is 7.47. The lowest BCUT2D eigenvalue weighted by atomic mass is 9.99. The van der Waals surface area contributed by atoms with Crippen LogP contribution in [-0.4, -0.2) is 44.7 Å². The lowest BCUT2D eigenvalue weighted by Crippen LogP contribution is -2.33. The van der Waals surface area contributed by atoms with Gasteiger partial charge in [0.1, 0.15) is 17.6 Å². The summed E-state index contributed by atoms with van der Waals surface area (Å²) in [5.41, 5.74) is 0.469. The molecule has 8 nitrogen and oxygen atoms in total. The highest BCUT2D eigenvalue weighted by atomic mass is 19.1. The Kier molecular flexibility index (Phi) is 4.87. The summed E-state index contributed by atoms with van der Waals surface area (Å²) in [5.74, 6) is -0.0671. The quantitative estimate of drug-likeness (QED) is 0.572. The summed E-state index contributed by atoms with van der Waals surface area (Å²) in [5, 5.41) is 8.37. The first-order valence-electron chi connectivity index (χ1n) is 12.2. The summed E-state index contributed by atoms with van der Waals surface area (Å²) in [6.45, 7) is 6.55. The Labute approximate surface area is 202 Å². The predicted octanol–water partition coefficient (Wildman–Crippen LogP) is 4.19. The summed E-state index contributed by atoms with van der Waals surface area (Å²) < 4.78 is 28.9. The van der Waals surface area contributed by atoms with Crippen LogP contribution in [0.15, 0.2) is 41.5 Å². The highest BCUT2D eigenvalue weighted by Gasteiger charge is 2.54. The van der Waals surface area contributed by atoms with Crippen molar-refractivity contribution in [3.8, 4) is 5.75 Å². The van der Waals surface area contributed by atoms with E-state index in [0.29, 0.717) is 24.3 Å². The third-order valence-corrected chi connectivity index (χ3v) is 7.47. The van der Waals surface area contributed by atoms with Gasteiger partial charge >= 0.3 is 0 Å². The standard InChI is InChI=1S/C26H29FN4O4/c1-15(2)35-22-11-20-16(12-31(29-20)26-7-6-25(3,13-26)34-14-26)9-17(22)23(32)28-19-5-4-8-30(24(19)33)21-10-18(21)27/h4-5,8-9,11-12,15,18,21H,6-7,10,13-14H2,1-3H3,(H,28,32)/t18-,21+,25-,26-/m1/s1. The molecule has 1 aromatic carbocycles. The molecule has 3 heterocycles. The van der Waals surface area contributed by atoms with E-state index in [1.54, 1.807) is 24.4 Å². The molecule has 1 saturated heterocycles. The lowest BCUT2D eigenvalue weighted by molar-refractivity contribution is -0.0149. The number of aromatic nitrogens is 3. The lowest BCUT2D eigenvalue weighted by Gasteiger charge is -2.26. The van der Waals surface area contributed by atoms with Crippen LogP contribution in [0.2, 0.25) is 0 Å². The zero-order valence-corrected chi connectivity index (χ0v) is 20.1. The van der Waals surface area contributed by atoms with Crippen LogP contribution in [0.5, 0.6) is 5.75 Å². The van der Waals surface area contributed by atoms with Gasteiger partial charge in [-0.15, -0.1) is 0 Å². The van der Waals surface area contributed by atoms with Crippen LogP contribution in [-0.2, 0) is 10.3 Å². The predicted molar refractivity (Wildman–Crippen MR) is 129 cm³/mol. The summed E-state index contributed by atoms with van der Waals surface area (Å²) in [4.78, 5) is 26.2. The van der Waals surface area contributed by atoms with Gasteiger partial charge in [-0.3, -0.25) is 14.3 Å². The number of carbonyl (C=O) groups excluding carboxylic acids is 1. The molecule has 2 aromatic heterocycles. The number of pyridine rings is 1. The van der Waals surface area contributed by atoms with Gasteiger partial charge in [0.25, 0.3) is 11.5 Å². The fourth-order valence-corrected chi connectivity index (χ4v) is 5.51. The molecule has 35 heavy (non-hydrogen) atoms. The van der Waals surface area contributed by atoms with Crippen molar-refractivity contribution in [1.82, 2.24) is 14.3 Å². The van der Waals surface area contributed by atoms with Crippen molar-refractivity contribution in [2.75, 3.05) is 11.9 Å². The molecule has 2 bridgehead atoms. The maximum atomic E-state index is 13.5. The Morgan fingerprint density at radius 1 is 1.34 bits per heavy atom. The molecular weight excluding hydrogens is 451 g/mol. The molecule has 1 N–H and O–H groups in total. The van der Waals surface area contributed by atoms with Gasteiger partial charge in [0, 0.05) is 36.7 Å². The van der Waals surface area contributed by atoms with Gasteiger partial charge in [0.2, 0.25) is 0 Å². The van der Waals surface area contributed by atoms with E-state index in [1.165, 1.54) is 10.6 Å². The number of hydrogen-bond donors (Lipinski definition) is 1. The molecule has 2 saturated carbocycles. The second-order valence-corrected chi connectivity index (χ2v) is 10.7. The van der Waals surface area contributed by atoms with Crippen LogP contribution in [0.4, 0.5) is 10.1 Å². The van der Waals surface area contributed by atoms with Crippen molar-refractivity contribution in [2.45, 2.75) is 75.9 Å². The van der Waals surface area contributed by atoms with Gasteiger partial charge in [-0.1, -0.05) is 0 Å². The van der Waals surface area contributed by atoms with Crippen LogP contribution in [0.1, 0.15) is 62.9 Å². The van der Waals surface area contributed by atoms with E-state index in [2.05, 4.69) is 12.2 Å². The van der Waals surface area contributed by atoms with Gasteiger partial charge in [-0.05, 0) is 51.8 Å². The molecule has 1 amide bonds. The molecule has 0 radical (unpaired) electrons. The van der Waals surface area contributed by atoms with Crippen molar-refractivity contribution >= 4 is 22.5 Å². The fourth-order valence-electron chi connectivity index (χ4n) is 5.51.